The lowest BCUT2D eigenvalue weighted by atomic mass is 9.86. The van der Waals surface area contributed by atoms with Gasteiger partial charge in [0.15, 0.2) is 10.9 Å². The first kappa shape index (κ1) is 18.5. The number of anilines is 2. The van der Waals surface area contributed by atoms with Crippen molar-refractivity contribution >= 4 is 44.1 Å². The smallest absolute Gasteiger partial charge is 0.233 e. The monoisotopic (exact) mass is 404 g/mol. The molecule has 1 amide bonds. The summed E-state index contributed by atoms with van der Waals surface area (Å²) >= 11 is 1.54. The highest BCUT2D eigenvalue weighted by atomic mass is 32.1. The van der Waals surface area contributed by atoms with Gasteiger partial charge in [0, 0.05) is 12.0 Å². The maximum atomic E-state index is 13.5. The highest BCUT2D eigenvalue weighted by molar-refractivity contribution is 7.22. The molecule has 148 valence electrons. The van der Waals surface area contributed by atoms with Gasteiger partial charge >= 0.3 is 0 Å². The maximum absolute atomic E-state index is 13.5. The predicted octanol–water partition coefficient (Wildman–Crippen LogP) is 5.99. The Morgan fingerprint density at radius 1 is 1.07 bits per heavy atom. The Hall–Kier alpha value is -2.53. The van der Waals surface area contributed by atoms with Crippen LogP contribution in [0, 0.1) is 17.8 Å². The van der Waals surface area contributed by atoms with Crippen molar-refractivity contribution in [1.29, 1.82) is 0 Å². The lowest BCUT2D eigenvalue weighted by molar-refractivity contribution is -0.119. The molecule has 2 saturated carbocycles. The number of carbonyl (C=O) groups excluding carboxylic acids is 2. The van der Waals surface area contributed by atoms with Gasteiger partial charge in [-0.25, -0.2) is 4.98 Å². The first-order valence-corrected chi connectivity index (χ1v) is 11.2. The van der Waals surface area contributed by atoms with Crippen molar-refractivity contribution < 1.29 is 9.59 Å². The number of nitrogens with zero attached hydrogens (tertiary/aromatic N) is 2. The molecule has 0 N–H and O–H groups in total. The fourth-order valence-corrected chi connectivity index (χ4v) is 6.11. The van der Waals surface area contributed by atoms with Gasteiger partial charge in [-0.15, -0.1) is 0 Å². The Morgan fingerprint density at radius 2 is 1.86 bits per heavy atom. The SMILES string of the molecule is CC(=O)c1ccc(N(C(=O)C[C@H]2C[C@H]3CC[C@H]2C3)c2nc3ccccc3s2)cc1. The minimum absolute atomic E-state index is 0.0244. The van der Waals surface area contributed by atoms with Crippen LogP contribution in [0.25, 0.3) is 10.2 Å². The van der Waals surface area contributed by atoms with Crippen LogP contribution in [0.4, 0.5) is 10.8 Å². The average Bonchev–Trinajstić information content (AvgIpc) is 3.43. The van der Waals surface area contributed by atoms with Gasteiger partial charge in [-0.2, -0.15) is 0 Å². The molecule has 5 heteroatoms. The largest absolute Gasteiger partial charge is 0.295 e. The molecule has 4 nitrogen and oxygen atoms in total. The Bertz CT molecular complexity index is 1040. The first-order valence-electron chi connectivity index (χ1n) is 10.4. The molecule has 0 aliphatic heterocycles. The molecule has 2 fully saturated rings. The summed E-state index contributed by atoms with van der Waals surface area (Å²) in [6, 6.07) is 15.3. The molecule has 2 aromatic carbocycles. The van der Waals surface area contributed by atoms with Crippen LogP contribution in [0.3, 0.4) is 0 Å². The molecule has 29 heavy (non-hydrogen) atoms. The van der Waals surface area contributed by atoms with Crippen molar-refractivity contribution in [2.75, 3.05) is 4.90 Å². The highest BCUT2D eigenvalue weighted by Crippen LogP contribution is 2.50. The quantitative estimate of drug-likeness (QED) is 0.491. The number of hydrogen-bond donors (Lipinski definition) is 0. The van der Waals surface area contributed by atoms with Crippen molar-refractivity contribution in [3.8, 4) is 0 Å². The second-order valence-electron chi connectivity index (χ2n) is 8.44. The van der Waals surface area contributed by atoms with Crippen LogP contribution >= 0.6 is 11.3 Å². The molecule has 5 rings (SSSR count). The Morgan fingerprint density at radius 3 is 2.52 bits per heavy atom. The van der Waals surface area contributed by atoms with E-state index in [0.717, 1.165) is 21.8 Å². The van der Waals surface area contributed by atoms with E-state index in [1.54, 1.807) is 24.0 Å². The number of fused-ring (bicyclic) bond motifs is 3. The van der Waals surface area contributed by atoms with E-state index in [1.165, 1.54) is 37.0 Å². The van der Waals surface area contributed by atoms with Crippen molar-refractivity contribution in [2.24, 2.45) is 17.8 Å². The highest BCUT2D eigenvalue weighted by Gasteiger charge is 2.41. The number of Topliss-reactive ketones (excluding diaryl/α,β-unsaturated/α-hetero) is 1. The zero-order valence-corrected chi connectivity index (χ0v) is 17.3. The third-order valence-electron chi connectivity index (χ3n) is 6.58. The van der Waals surface area contributed by atoms with Crippen LogP contribution in [-0.4, -0.2) is 16.7 Å². The molecule has 3 atom stereocenters. The lowest BCUT2D eigenvalue weighted by Gasteiger charge is -2.25. The maximum Gasteiger partial charge on any atom is 0.233 e. The van der Waals surface area contributed by atoms with Crippen LogP contribution < -0.4 is 4.90 Å². The molecular formula is C24H24N2O2S. The molecule has 2 bridgehead atoms. The van der Waals surface area contributed by atoms with Crippen LogP contribution in [0.1, 0.15) is 49.4 Å². The number of thiazole rings is 1. The van der Waals surface area contributed by atoms with Crippen molar-refractivity contribution in [3.05, 3.63) is 54.1 Å². The average molecular weight is 405 g/mol. The molecule has 2 aliphatic carbocycles. The van der Waals surface area contributed by atoms with Crippen LogP contribution in [0.5, 0.6) is 0 Å². The zero-order chi connectivity index (χ0) is 20.0. The topological polar surface area (TPSA) is 50.3 Å². The number of aromatic nitrogens is 1. The summed E-state index contributed by atoms with van der Waals surface area (Å²) in [5.74, 6) is 2.16. The van der Waals surface area contributed by atoms with Crippen molar-refractivity contribution in [1.82, 2.24) is 4.98 Å². The summed E-state index contributed by atoms with van der Waals surface area (Å²) in [5.41, 5.74) is 2.34. The van der Waals surface area contributed by atoms with Gasteiger partial charge in [0.05, 0.1) is 15.9 Å². The minimum Gasteiger partial charge on any atom is -0.295 e. The Labute approximate surface area is 174 Å². The van der Waals surface area contributed by atoms with Crippen LogP contribution in [0.2, 0.25) is 0 Å². The number of carbonyl (C=O) groups is 2. The lowest BCUT2D eigenvalue weighted by Crippen LogP contribution is -2.29. The standard InChI is InChI=1S/C24H24N2O2S/c1-15(27)17-8-10-20(11-9-17)26(24-25-21-4-2-3-5-22(21)29-24)23(28)14-19-13-16-6-7-18(19)12-16/h2-5,8-11,16,18-19H,6-7,12-14H2,1H3/t16-,18-,19+/m0/s1. The van der Waals surface area contributed by atoms with Gasteiger partial charge in [-0.1, -0.05) is 29.9 Å². The second kappa shape index (κ2) is 7.38. The van der Waals surface area contributed by atoms with Gasteiger partial charge in [-0.3, -0.25) is 14.5 Å². The van der Waals surface area contributed by atoms with Gasteiger partial charge in [0.2, 0.25) is 5.91 Å². The Kier molecular flexibility index (Phi) is 4.70. The zero-order valence-electron chi connectivity index (χ0n) is 16.5. The van der Waals surface area contributed by atoms with E-state index in [1.807, 2.05) is 36.4 Å². The van der Waals surface area contributed by atoms with Crippen LogP contribution in [0.15, 0.2) is 48.5 Å². The number of hydrogen-bond acceptors (Lipinski definition) is 4. The minimum atomic E-state index is 0.0244. The molecule has 0 radical (unpaired) electrons. The molecule has 3 aromatic rings. The van der Waals surface area contributed by atoms with Crippen LogP contribution in [-0.2, 0) is 4.79 Å². The van der Waals surface area contributed by atoms with Gasteiger partial charge < -0.3 is 0 Å². The van der Waals surface area contributed by atoms with E-state index in [9.17, 15) is 9.59 Å². The number of rotatable bonds is 5. The molecule has 0 saturated heterocycles. The van der Waals surface area contributed by atoms with E-state index in [-0.39, 0.29) is 11.7 Å². The normalized spacial score (nSPS) is 22.9. The molecule has 1 aromatic heterocycles. The van der Waals surface area contributed by atoms with E-state index in [4.69, 9.17) is 4.98 Å². The van der Waals surface area contributed by atoms with Gasteiger partial charge in [0.1, 0.15) is 0 Å². The third-order valence-corrected chi connectivity index (χ3v) is 7.60. The second-order valence-corrected chi connectivity index (χ2v) is 9.44. The Balaban J connectivity index is 1.49. The molecule has 1 heterocycles. The van der Waals surface area contributed by atoms with E-state index in [2.05, 4.69) is 0 Å². The first-order chi connectivity index (χ1) is 14.1. The van der Waals surface area contributed by atoms with Crippen molar-refractivity contribution in [2.45, 2.75) is 39.0 Å². The fraction of sp³-hybridized carbons (Fsp3) is 0.375. The number of amides is 1. The van der Waals surface area contributed by atoms with E-state index in [0.29, 0.717) is 29.0 Å². The summed E-state index contributed by atoms with van der Waals surface area (Å²) in [4.78, 5) is 31.7. The third kappa shape index (κ3) is 3.48. The number of benzene rings is 2. The summed E-state index contributed by atoms with van der Waals surface area (Å²) in [7, 11) is 0. The van der Waals surface area contributed by atoms with Gasteiger partial charge in [0.25, 0.3) is 0 Å². The molecular weight excluding hydrogens is 380 g/mol. The summed E-state index contributed by atoms with van der Waals surface area (Å²) < 4.78 is 1.07. The molecule has 0 unspecified atom stereocenters. The number of para-hydroxylation sites is 1. The molecule has 2 aliphatic rings. The predicted molar refractivity (Wildman–Crippen MR) is 117 cm³/mol. The van der Waals surface area contributed by atoms with E-state index >= 15 is 0 Å². The fourth-order valence-electron chi connectivity index (χ4n) is 5.10. The van der Waals surface area contributed by atoms with Crippen molar-refractivity contribution in [3.63, 3.8) is 0 Å². The number of ketones is 1. The summed E-state index contributed by atoms with van der Waals surface area (Å²) in [5, 5.41) is 0.704. The molecule has 0 spiro atoms. The van der Waals surface area contributed by atoms with Gasteiger partial charge in [-0.05, 0) is 80.3 Å². The summed E-state index contributed by atoms with van der Waals surface area (Å²) in [6.45, 7) is 1.56. The summed E-state index contributed by atoms with van der Waals surface area (Å²) in [6.07, 6.45) is 5.67. The van der Waals surface area contributed by atoms with E-state index < -0.39 is 0 Å².